The highest BCUT2D eigenvalue weighted by Gasteiger charge is 2.21. The van der Waals surface area contributed by atoms with Crippen molar-refractivity contribution >= 4 is 11.9 Å². The SMILES string of the molecule is COc1ccc(C(CC(=O)OC2CCCCCCC2)NC(C)=O)cc1. The quantitative estimate of drug-likeness (QED) is 0.792. The van der Waals surface area contributed by atoms with Gasteiger partial charge in [0, 0.05) is 6.92 Å². The number of amides is 1. The molecule has 0 radical (unpaired) electrons. The molecule has 138 valence electrons. The summed E-state index contributed by atoms with van der Waals surface area (Å²) >= 11 is 0. The molecular formula is C20H29NO4. The molecule has 0 aliphatic heterocycles. The number of esters is 1. The molecule has 0 bridgehead atoms. The van der Waals surface area contributed by atoms with Crippen molar-refractivity contribution < 1.29 is 19.1 Å². The van der Waals surface area contributed by atoms with Gasteiger partial charge < -0.3 is 14.8 Å². The molecule has 1 fully saturated rings. The van der Waals surface area contributed by atoms with Crippen LogP contribution >= 0.6 is 0 Å². The first kappa shape index (κ1) is 19.3. The Bertz CT molecular complexity index is 547. The van der Waals surface area contributed by atoms with Gasteiger partial charge >= 0.3 is 5.97 Å². The summed E-state index contributed by atoms with van der Waals surface area (Å²) in [4.78, 5) is 23.9. The molecule has 5 heteroatoms. The second-order valence-electron chi connectivity index (χ2n) is 6.69. The lowest BCUT2D eigenvalue weighted by molar-refractivity contribution is -0.150. The number of carbonyl (C=O) groups excluding carboxylic acids is 2. The largest absolute Gasteiger partial charge is 0.497 e. The molecule has 0 heterocycles. The van der Waals surface area contributed by atoms with E-state index in [9.17, 15) is 9.59 Å². The summed E-state index contributed by atoms with van der Waals surface area (Å²) in [6.07, 6.45) is 7.99. The minimum Gasteiger partial charge on any atom is -0.497 e. The molecule has 1 aromatic carbocycles. The average molecular weight is 347 g/mol. The van der Waals surface area contributed by atoms with Crippen LogP contribution in [0.2, 0.25) is 0 Å². The monoisotopic (exact) mass is 347 g/mol. The van der Waals surface area contributed by atoms with Crippen molar-refractivity contribution in [1.29, 1.82) is 0 Å². The third-order valence-electron chi connectivity index (χ3n) is 4.62. The number of nitrogens with one attached hydrogen (secondary N) is 1. The van der Waals surface area contributed by atoms with E-state index < -0.39 is 0 Å². The first-order valence-corrected chi connectivity index (χ1v) is 9.19. The molecule has 0 aromatic heterocycles. The highest BCUT2D eigenvalue weighted by atomic mass is 16.5. The number of carbonyl (C=O) groups is 2. The molecule has 5 nitrogen and oxygen atoms in total. The van der Waals surface area contributed by atoms with Gasteiger partial charge in [-0.15, -0.1) is 0 Å². The summed E-state index contributed by atoms with van der Waals surface area (Å²) in [7, 11) is 1.60. The van der Waals surface area contributed by atoms with Gasteiger partial charge in [-0.25, -0.2) is 0 Å². The predicted molar refractivity (Wildman–Crippen MR) is 96.4 cm³/mol. The van der Waals surface area contributed by atoms with Crippen molar-refractivity contribution in [1.82, 2.24) is 5.32 Å². The summed E-state index contributed by atoms with van der Waals surface area (Å²) in [5, 5.41) is 2.84. The van der Waals surface area contributed by atoms with Gasteiger partial charge in [-0.05, 0) is 43.4 Å². The zero-order valence-electron chi connectivity index (χ0n) is 15.3. The lowest BCUT2D eigenvalue weighted by atomic mass is 9.98. The van der Waals surface area contributed by atoms with Gasteiger partial charge in [0.1, 0.15) is 11.9 Å². The normalized spacial score (nSPS) is 17.0. The molecule has 1 aliphatic carbocycles. The van der Waals surface area contributed by atoms with Crippen LogP contribution in [0, 0.1) is 0 Å². The van der Waals surface area contributed by atoms with Crippen LogP contribution in [0.5, 0.6) is 5.75 Å². The van der Waals surface area contributed by atoms with Gasteiger partial charge in [0.05, 0.1) is 19.6 Å². The first-order chi connectivity index (χ1) is 12.1. The standard InChI is InChI=1S/C20H29NO4/c1-15(22)21-19(16-10-12-17(24-2)13-11-16)14-20(23)25-18-8-6-4-3-5-7-9-18/h10-13,18-19H,3-9,14H2,1-2H3,(H,21,22). The van der Waals surface area contributed by atoms with E-state index >= 15 is 0 Å². The minimum absolute atomic E-state index is 0.0154. The van der Waals surface area contributed by atoms with Crippen molar-refractivity contribution in [3.05, 3.63) is 29.8 Å². The third kappa shape index (κ3) is 6.77. The maximum Gasteiger partial charge on any atom is 0.308 e. The van der Waals surface area contributed by atoms with Crippen molar-refractivity contribution in [2.45, 2.75) is 70.4 Å². The molecule has 1 saturated carbocycles. The highest BCUT2D eigenvalue weighted by molar-refractivity contribution is 5.76. The molecule has 25 heavy (non-hydrogen) atoms. The summed E-state index contributed by atoms with van der Waals surface area (Å²) in [5.74, 6) is 0.321. The Hall–Kier alpha value is -2.04. The number of ether oxygens (including phenoxy) is 2. The van der Waals surface area contributed by atoms with Crippen molar-refractivity contribution in [2.75, 3.05) is 7.11 Å². The summed E-state index contributed by atoms with van der Waals surface area (Å²) in [6.45, 7) is 1.46. The highest BCUT2D eigenvalue weighted by Crippen LogP contribution is 2.23. The van der Waals surface area contributed by atoms with E-state index in [1.54, 1.807) is 7.11 Å². The molecule has 1 N–H and O–H groups in total. The fourth-order valence-electron chi connectivity index (χ4n) is 3.27. The Labute approximate surface area is 150 Å². The molecule has 2 rings (SSSR count). The minimum atomic E-state index is -0.385. The lowest BCUT2D eigenvalue weighted by Gasteiger charge is -2.22. The molecule has 1 atom stereocenters. The van der Waals surface area contributed by atoms with Crippen LogP contribution in [-0.4, -0.2) is 25.1 Å². The molecule has 1 aliphatic rings. The topological polar surface area (TPSA) is 64.6 Å². The predicted octanol–water partition coefficient (Wildman–Crippen LogP) is 3.92. The van der Waals surface area contributed by atoms with E-state index in [2.05, 4.69) is 5.32 Å². The van der Waals surface area contributed by atoms with E-state index in [0.29, 0.717) is 0 Å². The second kappa shape index (κ2) is 10.1. The number of hydrogen-bond donors (Lipinski definition) is 1. The van der Waals surface area contributed by atoms with E-state index in [1.807, 2.05) is 24.3 Å². The number of benzene rings is 1. The molecule has 0 spiro atoms. The maximum atomic E-state index is 12.4. The number of hydrogen-bond acceptors (Lipinski definition) is 4. The fraction of sp³-hybridized carbons (Fsp3) is 0.600. The van der Waals surface area contributed by atoms with Gasteiger partial charge in [0.25, 0.3) is 0 Å². The van der Waals surface area contributed by atoms with Gasteiger partial charge in [-0.2, -0.15) is 0 Å². The van der Waals surface area contributed by atoms with Crippen LogP contribution in [-0.2, 0) is 14.3 Å². The van der Waals surface area contributed by atoms with Crippen LogP contribution in [0.4, 0.5) is 0 Å². The Kier molecular flexibility index (Phi) is 7.76. The van der Waals surface area contributed by atoms with E-state index in [-0.39, 0.29) is 30.4 Å². The van der Waals surface area contributed by atoms with E-state index in [1.165, 1.54) is 26.2 Å². The number of rotatable bonds is 6. The zero-order valence-corrected chi connectivity index (χ0v) is 15.3. The van der Waals surface area contributed by atoms with Gasteiger partial charge in [-0.1, -0.05) is 31.4 Å². The molecule has 1 unspecified atom stereocenters. The summed E-state index contributed by atoms with van der Waals surface area (Å²) in [5.41, 5.74) is 0.866. The third-order valence-corrected chi connectivity index (χ3v) is 4.62. The van der Waals surface area contributed by atoms with E-state index in [0.717, 1.165) is 37.0 Å². The fourth-order valence-corrected chi connectivity index (χ4v) is 3.27. The molecule has 1 aromatic rings. The maximum absolute atomic E-state index is 12.4. The Morgan fingerprint density at radius 2 is 1.68 bits per heavy atom. The van der Waals surface area contributed by atoms with Crippen LogP contribution in [0.3, 0.4) is 0 Å². The molecule has 0 saturated heterocycles. The van der Waals surface area contributed by atoms with Crippen molar-refractivity contribution in [2.24, 2.45) is 0 Å². The molecular weight excluding hydrogens is 318 g/mol. The Morgan fingerprint density at radius 1 is 1.08 bits per heavy atom. The van der Waals surface area contributed by atoms with Gasteiger partial charge in [0.15, 0.2) is 0 Å². The number of methoxy groups -OCH3 is 1. The van der Waals surface area contributed by atoms with Gasteiger partial charge in [0.2, 0.25) is 5.91 Å². The van der Waals surface area contributed by atoms with Crippen LogP contribution in [0.15, 0.2) is 24.3 Å². The van der Waals surface area contributed by atoms with Crippen LogP contribution in [0.25, 0.3) is 0 Å². The Morgan fingerprint density at radius 3 is 2.24 bits per heavy atom. The average Bonchev–Trinajstić information content (AvgIpc) is 2.56. The summed E-state index contributed by atoms with van der Waals surface area (Å²) < 4.78 is 10.8. The lowest BCUT2D eigenvalue weighted by Crippen LogP contribution is -2.30. The van der Waals surface area contributed by atoms with Crippen molar-refractivity contribution in [3.8, 4) is 5.75 Å². The smallest absolute Gasteiger partial charge is 0.308 e. The molecule has 1 amide bonds. The van der Waals surface area contributed by atoms with Crippen LogP contribution < -0.4 is 10.1 Å². The summed E-state index contributed by atoms with van der Waals surface area (Å²) in [6, 6.07) is 6.99. The van der Waals surface area contributed by atoms with Crippen molar-refractivity contribution in [3.63, 3.8) is 0 Å². The first-order valence-electron chi connectivity index (χ1n) is 9.19. The van der Waals surface area contributed by atoms with Crippen LogP contribution in [0.1, 0.15) is 69.9 Å². The Balaban J connectivity index is 1.97. The zero-order chi connectivity index (χ0) is 18.1. The van der Waals surface area contributed by atoms with Gasteiger partial charge in [-0.3, -0.25) is 9.59 Å². The second-order valence-corrected chi connectivity index (χ2v) is 6.69. The van der Waals surface area contributed by atoms with E-state index in [4.69, 9.17) is 9.47 Å².